The molecule has 4 aliphatic heterocycles. The Morgan fingerprint density at radius 2 is 1.55 bits per heavy atom. The van der Waals surface area contributed by atoms with Crippen molar-refractivity contribution in [2.75, 3.05) is 66.0 Å². The van der Waals surface area contributed by atoms with E-state index in [1.807, 2.05) is 30.5 Å². The van der Waals surface area contributed by atoms with Crippen LogP contribution in [0.2, 0.25) is 5.02 Å². The van der Waals surface area contributed by atoms with Crippen LogP contribution in [-0.4, -0.2) is 149 Å². The van der Waals surface area contributed by atoms with E-state index in [1.165, 1.54) is 35.6 Å². The molecule has 0 bridgehead atoms. The molecule has 19 nitrogen and oxygen atoms in total. The summed E-state index contributed by atoms with van der Waals surface area (Å²) in [4.78, 5) is 102. The molecule has 2 aromatic heterocycles. The first kappa shape index (κ1) is 50.8. The zero-order chi connectivity index (χ0) is 50.2. The first-order chi connectivity index (χ1) is 34.3. The summed E-state index contributed by atoms with van der Waals surface area (Å²) in [5, 5.41) is 21.3. The number of imide groups is 2. The van der Waals surface area contributed by atoms with Crippen molar-refractivity contribution in [2.45, 2.75) is 77.7 Å². The van der Waals surface area contributed by atoms with Crippen LogP contribution >= 0.6 is 22.9 Å². The molecule has 0 radical (unpaired) electrons. The zero-order valence-electron chi connectivity index (χ0n) is 40.1. The molecule has 6 heterocycles. The molecular weight excluding hydrogens is 950 g/mol. The zero-order valence-corrected chi connectivity index (χ0v) is 41.7. The van der Waals surface area contributed by atoms with Gasteiger partial charge in [-0.1, -0.05) is 55.5 Å². The van der Waals surface area contributed by atoms with Crippen molar-refractivity contribution in [3.8, 4) is 10.8 Å². The number of aliphatic imine (C=N–C) groups is 1. The van der Waals surface area contributed by atoms with Gasteiger partial charge in [0.1, 0.15) is 28.3 Å². The van der Waals surface area contributed by atoms with E-state index < -0.39 is 29.7 Å². The minimum absolute atomic E-state index is 0.00797. The summed E-state index contributed by atoms with van der Waals surface area (Å²) in [6.07, 6.45) is 7.54. The molecule has 0 aliphatic carbocycles. The van der Waals surface area contributed by atoms with Gasteiger partial charge in [-0.25, -0.2) is 4.99 Å². The molecule has 4 N–H and O–H groups in total. The summed E-state index contributed by atoms with van der Waals surface area (Å²) < 4.78 is 7.54. The number of hydrogen-bond acceptors (Lipinski definition) is 14. The lowest BCUT2D eigenvalue weighted by atomic mass is 9.99. The summed E-state index contributed by atoms with van der Waals surface area (Å²) in [5.41, 5.74) is 3.26. The second kappa shape index (κ2) is 23.1. The third kappa shape index (κ3) is 11.8. The fourth-order valence-electron chi connectivity index (χ4n) is 9.09. The summed E-state index contributed by atoms with van der Waals surface area (Å²) in [5.74, 6) is -2.34. The number of nitrogens with zero attached hydrogens (tertiary/aromatic N) is 7. The number of piperidine rings is 1. The maximum absolute atomic E-state index is 13.8. The Morgan fingerprint density at radius 3 is 2.28 bits per heavy atom. The quantitative estimate of drug-likeness (QED) is 0.0555. The van der Waals surface area contributed by atoms with E-state index in [-0.39, 0.29) is 54.0 Å². The number of unbranched alkanes of at least 4 members (excludes halogenated alkanes) is 5. The smallest absolute Gasteiger partial charge is 0.266 e. The van der Waals surface area contributed by atoms with Gasteiger partial charge in [-0.05, 0) is 83.0 Å². The van der Waals surface area contributed by atoms with E-state index in [1.54, 1.807) is 12.1 Å². The van der Waals surface area contributed by atoms with Gasteiger partial charge >= 0.3 is 0 Å². The fraction of sp³-hybridized carbons (Fsp3) is 0.440. The number of aromatic nitrogens is 3. The Kier molecular flexibility index (Phi) is 16.5. The van der Waals surface area contributed by atoms with Crippen LogP contribution in [0, 0.1) is 13.8 Å². The largest absolute Gasteiger partial charge is 0.483 e. The summed E-state index contributed by atoms with van der Waals surface area (Å²) >= 11 is 7.64. The number of ether oxygens (including phenoxy) is 1. The summed E-state index contributed by atoms with van der Waals surface area (Å²) in [6, 6.07) is 10.7. The third-order valence-corrected chi connectivity index (χ3v) is 14.5. The van der Waals surface area contributed by atoms with E-state index in [4.69, 9.17) is 21.3 Å². The molecule has 4 aromatic rings. The molecule has 0 saturated carbocycles. The van der Waals surface area contributed by atoms with E-state index in [2.05, 4.69) is 48.3 Å². The molecule has 4 aliphatic rings. The molecule has 1 atom stereocenters. The number of fused-ring (bicyclic) bond motifs is 4. The standard InChI is InChI=1S/C50H58ClN11O8S/c1-30-41-43(32-14-16-33(51)17-15-32)55-35(28-39(64)52-22-11-23-60-26-24-59(3)25-27-60)45-58-57-31(2)61(45)50(41)71-44(30)47(67)54-21-9-7-5-4-6-8-20-53-40(65)29-70-37-13-10-12-34-42(37)49(69)62(48(34)68)36-18-19-38(63)56-46(36)66/h10,12-17,28,36H,4-9,11,18-27,29H2,1-3H3,(H,52,64)(H,53,65)(H,54,67)(H,56,63,66)/b35-28+. The number of rotatable bonds is 20. The van der Waals surface area contributed by atoms with Crippen LogP contribution in [0.1, 0.15) is 117 Å². The lowest BCUT2D eigenvalue weighted by Crippen LogP contribution is -2.54. The molecule has 374 valence electrons. The highest BCUT2D eigenvalue weighted by atomic mass is 35.5. The minimum Gasteiger partial charge on any atom is -0.483 e. The molecule has 1 unspecified atom stereocenters. The Balaban J connectivity index is 0.792. The average Bonchev–Trinajstić information content (AvgIpc) is 3.95. The fourth-order valence-corrected chi connectivity index (χ4v) is 10.5. The van der Waals surface area contributed by atoms with Crippen molar-refractivity contribution < 1.29 is 38.3 Å². The van der Waals surface area contributed by atoms with Gasteiger partial charge in [0.25, 0.3) is 23.6 Å². The van der Waals surface area contributed by atoms with Crippen LogP contribution < -0.4 is 26.0 Å². The second-order valence-corrected chi connectivity index (χ2v) is 19.5. The van der Waals surface area contributed by atoms with E-state index in [0.717, 1.165) is 104 Å². The lowest BCUT2D eigenvalue weighted by molar-refractivity contribution is -0.136. The van der Waals surface area contributed by atoms with Gasteiger partial charge in [0.05, 0.1) is 21.7 Å². The SMILES string of the molecule is Cc1c(C(=O)NCCCCCCCCNC(=O)COc2cccc3c2C(=O)N(C2CCC(=O)NC2=O)C3=O)sc2c1C(c1ccc(Cl)cc1)=N/C(=C/C(=O)NCCCN1CCN(C)CC1)c1nnc(C)n1-2. The topological polar surface area (TPSA) is 230 Å². The van der Waals surface area contributed by atoms with Gasteiger partial charge in [0, 0.05) is 74.5 Å². The number of aryl methyl sites for hydroxylation is 1. The van der Waals surface area contributed by atoms with Gasteiger partial charge in [0.2, 0.25) is 17.7 Å². The molecule has 21 heteroatoms. The van der Waals surface area contributed by atoms with Crippen molar-refractivity contribution in [1.29, 1.82) is 0 Å². The van der Waals surface area contributed by atoms with Crippen LogP contribution in [0.3, 0.4) is 0 Å². The van der Waals surface area contributed by atoms with Gasteiger partial charge in [-0.15, -0.1) is 21.5 Å². The highest BCUT2D eigenvalue weighted by Gasteiger charge is 2.46. The van der Waals surface area contributed by atoms with Crippen LogP contribution in [0.4, 0.5) is 0 Å². The van der Waals surface area contributed by atoms with Crippen molar-refractivity contribution in [1.82, 2.24) is 50.7 Å². The predicted octanol–water partition coefficient (Wildman–Crippen LogP) is 4.21. The molecule has 8 rings (SSSR count). The summed E-state index contributed by atoms with van der Waals surface area (Å²) in [6.45, 7) is 9.85. The average molecular weight is 1010 g/mol. The molecule has 2 fully saturated rings. The number of benzene rings is 2. The number of piperazine rings is 1. The normalized spacial score (nSPS) is 17.6. The van der Waals surface area contributed by atoms with Crippen LogP contribution in [0.25, 0.3) is 10.7 Å². The first-order valence-electron chi connectivity index (χ1n) is 24.1. The lowest BCUT2D eigenvalue weighted by Gasteiger charge is -2.32. The predicted molar refractivity (Wildman–Crippen MR) is 267 cm³/mol. The number of nitrogens with one attached hydrogen (secondary N) is 4. The van der Waals surface area contributed by atoms with Crippen molar-refractivity contribution in [3.05, 3.63) is 97.9 Å². The number of amides is 7. The van der Waals surface area contributed by atoms with Crippen molar-refractivity contribution in [2.24, 2.45) is 4.99 Å². The number of likely N-dealkylation sites (N-methyl/N-ethyl adjacent to an activating group) is 1. The van der Waals surface area contributed by atoms with E-state index >= 15 is 0 Å². The van der Waals surface area contributed by atoms with Gasteiger partial charge in [-0.3, -0.25) is 48.3 Å². The number of carbonyl (C=O) groups excluding carboxylic acids is 7. The summed E-state index contributed by atoms with van der Waals surface area (Å²) in [7, 11) is 2.13. The van der Waals surface area contributed by atoms with Crippen LogP contribution in [0.15, 0.2) is 53.5 Å². The number of halogens is 1. The highest BCUT2D eigenvalue weighted by molar-refractivity contribution is 7.17. The second-order valence-electron chi connectivity index (χ2n) is 18.1. The molecular formula is C50H58ClN11O8S. The third-order valence-electron chi connectivity index (χ3n) is 13.0. The van der Waals surface area contributed by atoms with Gasteiger partial charge in [0.15, 0.2) is 12.4 Å². The van der Waals surface area contributed by atoms with Crippen molar-refractivity contribution in [3.63, 3.8) is 0 Å². The Bertz CT molecular complexity index is 2780. The van der Waals surface area contributed by atoms with Gasteiger partial charge < -0.3 is 30.5 Å². The maximum Gasteiger partial charge on any atom is 0.266 e. The number of carbonyl (C=O) groups is 7. The molecule has 0 spiro atoms. The molecule has 2 aromatic carbocycles. The van der Waals surface area contributed by atoms with Crippen molar-refractivity contribution >= 4 is 75.7 Å². The Hall–Kier alpha value is -6.61. The number of hydrogen-bond donors (Lipinski definition) is 4. The van der Waals surface area contributed by atoms with Crippen LogP contribution in [0.5, 0.6) is 5.75 Å². The Labute approximate surface area is 420 Å². The molecule has 7 amide bonds. The van der Waals surface area contributed by atoms with Gasteiger partial charge in [-0.2, -0.15) is 0 Å². The van der Waals surface area contributed by atoms with Crippen LogP contribution in [-0.2, 0) is 19.2 Å². The van der Waals surface area contributed by atoms with E-state index in [9.17, 15) is 33.6 Å². The molecule has 71 heavy (non-hydrogen) atoms. The van der Waals surface area contributed by atoms with E-state index in [0.29, 0.717) is 52.6 Å². The highest BCUT2D eigenvalue weighted by Crippen LogP contribution is 2.39. The first-order valence-corrected chi connectivity index (χ1v) is 25.3. The maximum atomic E-state index is 13.8. The molecule has 2 saturated heterocycles. The Morgan fingerprint density at radius 1 is 0.845 bits per heavy atom. The number of thiophene rings is 1. The monoisotopic (exact) mass is 1010 g/mol. The minimum atomic E-state index is -1.10.